The summed E-state index contributed by atoms with van der Waals surface area (Å²) in [5, 5.41) is 11.7. The van der Waals surface area contributed by atoms with Crippen molar-refractivity contribution in [3.8, 4) is 0 Å². The Morgan fingerprint density at radius 3 is 2.80 bits per heavy atom. The molecule has 0 radical (unpaired) electrons. The number of halogens is 1. The molecule has 0 saturated carbocycles. The molecule has 0 aliphatic rings. The molecule has 0 saturated heterocycles. The van der Waals surface area contributed by atoms with E-state index in [0.29, 0.717) is 5.56 Å². The fourth-order valence-corrected chi connectivity index (χ4v) is 1.38. The van der Waals surface area contributed by atoms with Crippen molar-refractivity contribution in [3.05, 3.63) is 33.8 Å². The van der Waals surface area contributed by atoms with E-state index in [1.807, 2.05) is 19.1 Å². The van der Waals surface area contributed by atoms with Crippen LogP contribution in [0, 0.1) is 6.92 Å². The quantitative estimate of drug-likeness (QED) is 0.882. The lowest BCUT2D eigenvalue weighted by molar-refractivity contribution is 0.0924. The molecule has 0 spiro atoms. The minimum Gasteiger partial charge on any atom is -0.392 e. The van der Waals surface area contributed by atoms with Crippen molar-refractivity contribution in [2.45, 2.75) is 20.0 Å². The van der Waals surface area contributed by atoms with E-state index in [1.165, 1.54) is 0 Å². The summed E-state index contributed by atoms with van der Waals surface area (Å²) in [6.45, 7) is 3.83. The molecule has 1 rings (SSSR count). The van der Waals surface area contributed by atoms with Gasteiger partial charge in [-0.25, -0.2) is 0 Å². The second-order valence-electron chi connectivity index (χ2n) is 3.52. The second-order valence-corrected chi connectivity index (χ2v) is 4.38. The van der Waals surface area contributed by atoms with Crippen molar-refractivity contribution in [2.75, 3.05) is 6.54 Å². The molecule has 15 heavy (non-hydrogen) atoms. The van der Waals surface area contributed by atoms with Gasteiger partial charge in [0.15, 0.2) is 0 Å². The lowest BCUT2D eigenvalue weighted by Gasteiger charge is -2.08. The van der Waals surface area contributed by atoms with Gasteiger partial charge in [0.2, 0.25) is 0 Å². The first kappa shape index (κ1) is 12.2. The maximum atomic E-state index is 11.6. The Labute approximate surface area is 97.6 Å². The van der Waals surface area contributed by atoms with Gasteiger partial charge >= 0.3 is 0 Å². The fourth-order valence-electron chi connectivity index (χ4n) is 1.13. The van der Waals surface area contributed by atoms with Gasteiger partial charge in [-0.2, -0.15) is 0 Å². The monoisotopic (exact) mass is 271 g/mol. The number of benzene rings is 1. The summed E-state index contributed by atoms with van der Waals surface area (Å²) in [7, 11) is 0. The first-order valence-corrected chi connectivity index (χ1v) is 5.52. The summed E-state index contributed by atoms with van der Waals surface area (Å²) in [6.07, 6.45) is -0.523. The highest BCUT2D eigenvalue weighted by molar-refractivity contribution is 9.10. The van der Waals surface area contributed by atoms with Crippen LogP contribution in [-0.4, -0.2) is 23.7 Å². The average Bonchev–Trinajstić information content (AvgIpc) is 2.18. The molecule has 82 valence electrons. The molecule has 0 fully saturated rings. The van der Waals surface area contributed by atoms with Crippen molar-refractivity contribution in [2.24, 2.45) is 0 Å². The normalized spacial score (nSPS) is 12.3. The lowest BCUT2D eigenvalue weighted by Crippen LogP contribution is -2.30. The second kappa shape index (κ2) is 5.28. The Morgan fingerprint density at radius 1 is 1.60 bits per heavy atom. The molecule has 0 heterocycles. The molecule has 4 heteroatoms. The SMILES string of the molecule is Cc1cc(C(=O)NC[C@@H](C)O)ccc1Br. The zero-order valence-electron chi connectivity index (χ0n) is 8.75. The molecule has 2 N–H and O–H groups in total. The van der Waals surface area contributed by atoms with Gasteiger partial charge < -0.3 is 10.4 Å². The maximum absolute atomic E-state index is 11.6. The molecular weight excluding hydrogens is 258 g/mol. The van der Waals surface area contributed by atoms with Gasteiger partial charge in [0.05, 0.1) is 6.10 Å². The van der Waals surface area contributed by atoms with Crippen LogP contribution in [0.2, 0.25) is 0 Å². The Hall–Kier alpha value is -0.870. The van der Waals surface area contributed by atoms with Crippen LogP contribution >= 0.6 is 15.9 Å². The van der Waals surface area contributed by atoms with Crippen molar-refractivity contribution in [1.29, 1.82) is 0 Å². The summed E-state index contributed by atoms with van der Waals surface area (Å²) >= 11 is 3.37. The molecule has 0 aliphatic carbocycles. The largest absolute Gasteiger partial charge is 0.392 e. The number of nitrogens with one attached hydrogen (secondary N) is 1. The van der Waals surface area contributed by atoms with Gasteiger partial charge in [-0.15, -0.1) is 0 Å². The van der Waals surface area contributed by atoms with Crippen LogP contribution in [-0.2, 0) is 0 Å². The van der Waals surface area contributed by atoms with Crippen LogP contribution in [0.15, 0.2) is 22.7 Å². The summed E-state index contributed by atoms with van der Waals surface area (Å²) in [6, 6.07) is 5.39. The minimum atomic E-state index is -0.523. The van der Waals surface area contributed by atoms with Crippen LogP contribution in [0.5, 0.6) is 0 Å². The third-order valence-corrected chi connectivity index (χ3v) is 2.87. The zero-order valence-corrected chi connectivity index (χ0v) is 10.3. The van der Waals surface area contributed by atoms with Crippen molar-refractivity contribution in [3.63, 3.8) is 0 Å². The standard InChI is InChI=1S/C11H14BrNO2/c1-7-5-9(3-4-10(7)12)11(15)13-6-8(2)14/h3-5,8,14H,6H2,1-2H3,(H,13,15)/t8-/m1/s1. The molecule has 0 bridgehead atoms. The number of hydrogen-bond acceptors (Lipinski definition) is 2. The van der Waals surface area contributed by atoms with E-state index in [-0.39, 0.29) is 12.5 Å². The third-order valence-electron chi connectivity index (χ3n) is 1.98. The molecule has 0 unspecified atom stereocenters. The van der Waals surface area contributed by atoms with Crippen LogP contribution in [0.3, 0.4) is 0 Å². The Morgan fingerprint density at radius 2 is 2.27 bits per heavy atom. The molecule has 1 atom stereocenters. The van der Waals surface area contributed by atoms with E-state index < -0.39 is 6.10 Å². The van der Waals surface area contributed by atoms with E-state index in [0.717, 1.165) is 10.0 Å². The van der Waals surface area contributed by atoms with E-state index in [9.17, 15) is 4.79 Å². The summed E-state index contributed by atoms with van der Waals surface area (Å²) < 4.78 is 0.981. The minimum absolute atomic E-state index is 0.161. The van der Waals surface area contributed by atoms with E-state index in [2.05, 4.69) is 21.2 Å². The highest BCUT2D eigenvalue weighted by Gasteiger charge is 2.07. The molecule has 0 aromatic heterocycles. The van der Waals surface area contributed by atoms with Crippen molar-refractivity contribution in [1.82, 2.24) is 5.32 Å². The number of rotatable bonds is 3. The van der Waals surface area contributed by atoms with Gasteiger partial charge in [0.1, 0.15) is 0 Å². The van der Waals surface area contributed by atoms with Gasteiger partial charge in [0.25, 0.3) is 5.91 Å². The van der Waals surface area contributed by atoms with E-state index >= 15 is 0 Å². The van der Waals surface area contributed by atoms with Crippen LogP contribution in [0.4, 0.5) is 0 Å². The van der Waals surface area contributed by atoms with Gasteiger partial charge in [-0.05, 0) is 37.6 Å². The highest BCUT2D eigenvalue weighted by Crippen LogP contribution is 2.16. The molecule has 3 nitrogen and oxygen atoms in total. The number of aliphatic hydroxyl groups is 1. The van der Waals surface area contributed by atoms with Crippen LogP contribution in [0.25, 0.3) is 0 Å². The fraction of sp³-hybridized carbons (Fsp3) is 0.364. The van der Waals surface area contributed by atoms with Crippen molar-refractivity contribution < 1.29 is 9.90 Å². The first-order valence-electron chi connectivity index (χ1n) is 4.73. The highest BCUT2D eigenvalue weighted by atomic mass is 79.9. The molecule has 1 amide bonds. The average molecular weight is 272 g/mol. The number of aryl methyl sites for hydroxylation is 1. The van der Waals surface area contributed by atoms with Crippen molar-refractivity contribution >= 4 is 21.8 Å². The van der Waals surface area contributed by atoms with E-state index in [4.69, 9.17) is 5.11 Å². The maximum Gasteiger partial charge on any atom is 0.251 e. The van der Waals surface area contributed by atoms with Crippen LogP contribution < -0.4 is 5.32 Å². The van der Waals surface area contributed by atoms with Gasteiger partial charge in [-0.3, -0.25) is 4.79 Å². The predicted octanol–water partition coefficient (Wildman–Crippen LogP) is 1.87. The summed E-state index contributed by atoms with van der Waals surface area (Å²) in [5.41, 5.74) is 1.62. The number of carbonyl (C=O) groups excluding carboxylic acids is 1. The molecule has 0 aliphatic heterocycles. The summed E-state index contributed by atoms with van der Waals surface area (Å²) in [5.74, 6) is -0.161. The molecular formula is C11H14BrNO2. The number of hydrogen-bond donors (Lipinski definition) is 2. The number of aliphatic hydroxyl groups excluding tert-OH is 1. The Bertz CT molecular complexity index is 364. The van der Waals surface area contributed by atoms with Gasteiger partial charge in [-0.1, -0.05) is 15.9 Å². The van der Waals surface area contributed by atoms with Crippen LogP contribution in [0.1, 0.15) is 22.8 Å². The van der Waals surface area contributed by atoms with E-state index in [1.54, 1.807) is 13.0 Å². The predicted molar refractivity (Wildman–Crippen MR) is 62.9 cm³/mol. The van der Waals surface area contributed by atoms with Gasteiger partial charge in [0, 0.05) is 16.6 Å². The Balaban J connectivity index is 2.70. The number of amides is 1. The number of carbonyl (C=O) groups is 1. The third kappa shape index (κ3) is 3.64. The molecule has 1 aromatic rings. The first-order chi connectivity index (χ1) is 7.00. The smallest absolute Gasteiger partial charge is 0.251 e. The topological polar surface area (TPSA) is 49.3 Å². The zero-order chi connectivity index (χ0) is 11.4. The Kier molecular flexibility index (Phi) is 4.29. The molecule has 1 aromatic carbocycles. The summed E-state index contributed by atoms with van der Waals surface area (Å²) in [4.78, 5) is 11.6. The lowest BCUT2D eigenvalue weighted by atomic mass is 10.1.